The minimum Gasteiger partial charge on any atom is -0.379 e. The fraction of sp³-hybridized carbons (Fsp3) is 0.500. The molecule has 0 radical (unpaired) electrons. The molecule has 0 aliphatic heterocycles. The molecule has 28 heavy (non-hydrogen) atoms. The maximum Gasteiger partial charge on any atom is 0.272 e. The number of rotatable bonds is 7. The van der Waals surface area contributed by atoms with Crippen LogP contribution in [0.4, 0.5) is 0 Å². The van der Waals surface area contributed by atoms with Crippen molar-refractivity contribution in [2.24, 2.45) is 5.92 Å². The summed E-state index contributed by atoms with van der Waals surface area (Å²) in [5.41, 5.74) is 2.34. The van der Waals surface area contributed by atoms with Crippen molar-refractivity contribution in [2.45, 2.75) is 44.8 Å². The van der Waals surface area contributed by atoms with E-state index in [-0.39, 0.29) is 29.9 Å². The van der Waals surface area contributed by atoms with Crippen LogP contribution in [0.3, 0.4) is 0 Å². The van der Waals surface area contributed by atoms with Gasteiger partial charge in [0.25, 0.3) is 5.91 Å². The molecule has 2 heterocycles. The standard InChI is InChI=1S/C20H27N5O3/c1-13-11-17(25-24-13)20(27)23-16-4-3-15(12-18(16)28-2)19(26)22-10-7-14-5-8-21-9-6-14/h5-6,8-9,11,15-16,18H,3-4,7,10,12H2,1-2H3,(H,22,26)(H,23,27)(H,24,25)/t15-,16+,18+/m0/s1. The number of pyridine rings is 1. The van der Waals surface area contributed by atoms with Gasteiger partial charge in [-0.2, -0.15) is 5.10 Å². The van der Waals surface area contributed by atoms with Gasteiger partial charge in [0.15, 0.2) is 0 Å². The number of nitrogens with zero attached hydrogens (tertiary/aromatic N) is 2. The van der Waals surface area contributed by atoms with Crippen molar-refractivity contribution in [1.82, 2.24) is 25.8 Å². The van der Waals surface area contributed by atoms with E-state index < -0.39 is 0 Å². The largest absolute Gasteiger partial charge is 0.379 e. The molecule has 0 bridgehead atoms. The molecule has 150 valence electrons. The SMILES string of the molecule is CO[C@@H]1C[C@@H](C(=O)NCCc2ccncc2)CC[C@H]1NC(=O)c1cc(C)[nH]n1. The average Bonchev–Trinajstić information content (AvgIpc) is 3.15. The third kappa shape index (κ3) is 5.16. The van der Waals surface area contributed by atoms with Gasteiger partial charge in [-0.25, -0.2) is 0 Å². The van der Waals surface area contributed by atoms with E-state index in [1.807, 2.05) is 19.1 Å². The van der Waals surface area contributed by atoms with Crippen molar-refractivity contribution in [3.63, 3.8) is 0 Å². The number of ether oxygens (including phenoxy) is 1. The van der Waals surface area contributed by atoms with Crippen molar-refractivity contribution in [1.29, 1.82) is 0 Å². The van der Waals surface area contributed by atoms with Crippen LogP contribution in [0.2, 0.25) is 0 Å². The lowest BCUT2D eigenvalue weighted by Gasteiger charge is -2.35. The zero-order valence-electron chi connectivity index (χ0n) is 16.3. The summed E-state index contributed by atoms with van der Waals surface area (Å²) in [6, 6.07) is 5.47. The molecule has 8 heteroatoms. The lowest BCUT2D eigenvalue weighted by Crippen LogP contribution is -2.50. The molecule has 8 nitrogen and oxygen atoms in total. The van der Waals surface area contributed by atoms with E-state index in [0.29, 0.717) is 31.5 Å². The van der Waals surface area contributed by atoms with Gasteiger partial charge in [-0.1, -0.05) is 0 Å². The molecule has 1 saturated carbocycles. The molecule has 3 N–H and O–H groups in total. The number of hydrogen-bond acceptors (Lipinski definition) is 5. The quantitative estimate of drug-likeness (QED) is 0.667. The minimum absolute atomic E-state index is 0.0452. The monoisotopic (exact) mass is 385 g/mol. The van der Waals surface area contributed by atoms with Crippen LogP contribution in [0.25, 0.3) is 0 Å². The Hall–Kier alpha value is -2.74. The normalized spacial score (nSPS) is 21.9. The number of aryl methyl sites for hydroxylation is 1. The van der Waals surface area contributed by atoms with Gasteiger partial charge >= 0.3 is 0 Å². The third-order valence-corrected chi connectivity index (χ3v) is 5.18. The molecule has 1 aliphatic carbocycles. The first-order chi connectivity index (χ1) is 13.6. The predicted octanol–water partition coefficient (Wildman–Crippen LogP) is 1.39. The van der Waals surface area contributed by atoms with Crippen LogP contribution in [0, 0.1) is 12.8 Å². The van der Waals surface area contributed by atoms with Crippen molar-refractivity contribution in [2.75, 3.05) is 13.7 Å². The number of methoxy groups -OCH3 is 1. The summed E-state index contributed by atoms with van der Waals surface area (Å²) in [5, 5.41) is 12.8. The van der Waals surface area contributed by atoms with E-state index in [1.165, 1.54) is 0 Å². The van der Waals surface area contributed by atoms with Crippen LogP contribution in [0.15, 0.2) is 30.6 Å². The highest BCUT2D eigenvalue weighted by Gasteiger charge is 2.35. The Labute approximate surface area is 164 Å². The van der Waals surface area contributed by atoms with Crippen molar-refractivity contribution in [3.8, 4) is 0 Å². The maximum absolute atomic E-state index is 12.5. The zero-order chi connectivity index (χ0) is 19.9. The number of H-pyrrole nitrogens is 1. The van der Waals surface area contributed by atoms with Gasteiger partial charge in [0, 0.05) is 37.7 Å². The summed E-state index contributed by atoms with van der Waals surface area (Å²) >= 11 is 0. The molecule has 3 rings (SSSR count). The van der Waals surface area contributed by atoms with Crippen molar-refractivity contribution in [3.05, 3.63) is 47.5 Å². The highest BCUT2D eigenvalue weighted by atomic mass is 16.5. The van der Waals surface area contributed by atoms with Gasteiger partial charge in [-0.3, -0.25) is 19.7 Å². The highest BCUT2D eigenvalue weighted by molar-refractivity contribution is 5.92. The lowest BCUT2D eigenvalue weighted by atomic mass is 9.83. The zero-order valence-corrected chi connectivity index (χ0v) is 16.3. The topological polar surface area (TPSA) is 109 Å². The second-order valence-corrected chi connectivity index (χ2v) is 7.20. The van der Waals surface area contributed by atoms with Gasteiger partial charge in [0.05, 0.1) is 12.1 Å². The number of carbonyl (C=O) groups is 2. The van der Waals surface area contributed by atoms with E-state index in [0.717, 1.165) is 17.7 Å². The van der Waals surface area contributed by atoms with Crippen LogP contribution in [-0.4, -0.2) is 52.8 Å². The third-order valence-electron chi connectivity index (χ3n) is 5.18. The fourth-order valence-corrected chi connectivity index (χ4v) is 3.59. The Morgan fingerprint density at radius 3 is 2.75 bits per heavy atom. The molecular formula is C20H27N5O3. The number of aromatic amines is 1. The fourth-order valence-electron chi connectivity index (χ4n) is 3.59. The molecule has 0 unspecified atom stereocenters. The average molecular weight is 385 g/mol. The van der Waals surface area contributed by atoms with Gasteiger partial charge in [-0.05, 0) is 56.4 Å². The first-order valence-corrected chi connectivity index (χ1v) is 9.59. The Morgan fingerprint density at radius 1 is 1.29 bits per heavy atom. The van der Waals surface area contributed by atoms with E-state index in [4.69, 9.17) is 4.74 Å². The maximum atomic E-state index is 12.5. The summed E-state index contributed by atoms with van der Waals surface area (Å²) in [7, 11) is 1.62. The minimum atomic E-state index is -0.225. The van der Waals surface area contributed by atoms with Crippen LogP contribution in [0.1, 0.15) is 41.0 Å². The van der Waals surface area contributed by atoms with Crippen LogP contribution in [0.5, 0.6) is 0 Å². The first kappa shape index (κ1) is 20.0. The van der Waals surface area contributed by atoms with Gasteiger partial charge in [0.2, 0.25) is 5.91 Å². The summed E-state index contributed by atoms with van der Waals surface area (Å²) in [5.74, 6) is -0.288. The van der Waals surface area contributed by atoms with Crippen LogP contribution < -0.4 is 10.6 Å². The Balaban J connectivity index is 1.47. The molecule has 1 fully saturated rings. The lowest BCUT2D eigenvalue weighted by molar-refractivity contribution is -0.127. The summed E-state index contributed by atoms with van der Waals surface area (Å²) in [4.78, 5) is 28.9. The molecule has 2 aromatic heterocycles. The van der Waals surface area contributed by atoms with Gasteiger partial charge in [-0.15, -0.1) is 0 Å². The second kappa shape index (κ2) is 9.45. The van der Waals surface area contributed by atoms with Gasteiger partial charge in [0.1, 0.15) is 5.69 Å². The molecule has 2 aromatic rings. The van der Waals surface area contributed by atoms with E-state index in [2.05, 4.69) is 25.8 Å². The molecule has 0 spiro atoms. The molecule has 3 atom stereocenters. The molecule has 0 saturated heterocycles. The smallest absolute Gasteiger partial charge is 0.272 e. The van der Waals surface area contributed by atoms with Gasteiger partial charge < -0.3 is 15.4 Å². The predicted molar refractivity (Wildman–Crippen MR) is 104 cm³/mol. The Kier molecular flexibility index (Phi) is 6.76. The van der Waals surface area contributed by atoms with E-state index in [9.17, 15) is 9.59 Å². The number of aromatic nitrogens is 3. The van der Waals surface area contributed by atoms with E-state index in [1.54, 1.807) is 25.6 Å². The van der Waals surface area contributed by atoms with Crippen LogP contribution >= 0.6 is 0 Å². The Morgan fingerprint density at radius 2 is 2.07 bits per heavy atom. The van der Waals surface area contributed by atoms with E-state index >= 15 is 0 Å². The van der Waals surface area contributed by atoms with Crippen LogP contribution in [-0.2, 0) is 16.0 Å². The summed E-state index contributed by atoms with van der Waals surface area (Å²) in [6.45, 7) is 2.44. The number of carbonyl (C=O) groups excluding carboxylic acids is 2. The second-order valence-electron chi connectivity index (χ2n) is 7.20. The van der Waals surface area contributed by atoms with Crippen molar-refractivity contribution >= 4 is 11.8 Å². The summed E-state index contributed by atoms with van der Waals surface area (Å²) < 4.78 is 5.57. The Bertz CT molecular complexity index is 792. The summed E-state index contributed by atoms with van der Waals surface area (Å²) in [6.07, 6.45) is 6.06. The highest BCUT2D eigenvalue weighted by Crippen LogP contribution is 2.27. The molecule has 0 aromatic carbocycles. The molecule has 2 amide bonds. The first-order valence-electron chi connectivity index (χ1n) is 9.59. The van der Waals surface area contributed by atoms with Crippen molar-refractivity contribution < 1.29 is 14.3 Å². The number of hydrogen-bond donors (Lipinski definition) is 3. The molecule has 1 aliphatic rings. The number of amides is 2. The molecular weight excluding hydrogens is 358 g/mol. The number of nitrogens with one attached hydrogen (secondary N) is 3.